The van der Waals surface area contributed by atoms with E-state index < -0.39 is 6.04 Å². The van der Waals surface area contributed by atoms with Crippen LogP contribution in [0.15, 0.2) is 53.0 Å². The number of hydrogen-bond donors (Lipinski definition) is 1. The molecule has 0 bridgehead atoms. The Morgan fingerprint density at radius 1 is 1.10 bits per heavy atom. The first kappa shape index (κ1) is 23.4. The summed E-state index contributed by atoms with van der Waals surface area (Å²) in [5, 5.41) is 2.85. The summed E-state index contributed by atoms with van der Waals surface area (Å²) in [5.41, 5.74) is 1.91. The highest BCUT2D eigenvalue weighted by atomic mass is 79.9. The molecule has 1 N–H and O–H groups in total. The lowest BCUT2D eigenvalue weighted by Gasteiger charge is -2.28. The van der Waals surface area contributed by atoms with Gasteiger partial charge in [-0.1, -0.05) is 47.1 Å². The van der Waals surface area contributed by atoms with E-state index >= 15 is 0 Å². The van der Waals surface area contributed by atoms with Gasteiger partial charge >= 0.3 is 0 Å². The Morgan fingerprint density at radius 2 is 1.72 bits per heavy atom. The first-order valence-corrected chi connectivity index (χ1v) is 11.5. The monoisotopic (exact) mass is 480 g/mol. The van der Waals surface area contributed by atoms with Crippen molar-refractivity contribution >= 4 is 39.5 Å². The van der Waals surface area contributed by atoms with E-state index in [0.29, 0.717) is 12.3 Å². The third-order valence-corrected chi connectivity index (χ3v) is 5.91. The lowest BCUT2D eigenvalue weighted by atomic mass is 10.1. The van der Waals surface area contributed by atoms with E-state index in [1.165, 1.54) is 23.9 Å². The van der Waals surface area contributed by atoms with Crippen LogP contribution in [0.25, 0.3) is 0 Å². The number of amides is 2. The van der Waals surface area contributed by atoms with Crippen molar-refractivity contribution in [2.24, 2.45) is 0 Å². The lowest BCUT2D eigenvalue weighted by Crippen LogP contribution is -2.48. The van der Waals surface area contributed by atoms with Gasteiger partial charge in [0.15, 0.2) is 0 Å². The Bertz CT molecular complexity index is 799. The van der Waals surface area contributed by atoms with Gasteiger partial charge in [0.25, 0.3) is 0 Å². The third-order valence-electron chi connectivity index (χ3n) is 4.39. The lowest BCUT2D eigenvalue weighted by molar-refractivity contribution is -0.138. The molecule has 0 aliphatic carbocycles. The molecule has 0 saturated carbocycles. The summed E-state index contributed by atoms with van der Waals surface area (Å²) in [6.07, 6.45) is 0.827. The zero-order valence-corrected chi connectivity index (χ0v) is 19.1. The Kier molecular flexibility index (Phi) is 9.67. The molecule has 2 amide bonds. The van der Waals surface area contributed by atoms with E-state index in [1.54, 1.807) is 24.0 Å². The van der Waals surface area contributed by atoms with Gasteiger partial charge in [0.1, 0.15) is 11.9 Å². The van der Waals surface area contributed by atoms with Crippen LogP contribution in [0, 0.1) is 5.82 Å². The molecule has 1 atom stereocenters. The van der Waals surface area contributed by atoms with Crippen LogP contribution in [0.1, 0.15) is 31.4 Å². The number of thioether (sulfide) groups is 1. The summed E-state index contributed by atoms with van der Waals surface area (Å²) in [7, 11) is 0. The van der Waals surface area contributed by atoms with Crippen molar-refractivity contribution in [3.8, 4) is 0 Å². The zero-order chi connectivity index (χ0) is 21.2. The Balaban J connectivity index is 2.03. The molecule has 0 aromatic heterocycles. The largest absolute Gasteiger partial charge is 0.354 e. The second-order valence-corrected chi connectivity index (χ2v) is 8.64. The van der Waals surface area contributed by atoms with Crippen molar-refractivity contribution in [1.29, 1.82) is 0 Å². The minimum Gasteiger partial charge on any atom is -0.354 e. The summed E-state index contributed by atoms with van der Waals surface area (Å²) in [6, 6.07) is 13.4. The highest BCUT2D eigenvalue weighted by Gasteiger charge is 2.25. The fourth-order valence-corrected chi connectivity index (χ4v) is 3.82. The zero-order valence-electron chi connectivity index (χ0n) is 16.7. The molecule has 29 heavy (non-hydrogen) atoms. The molecule has 0 heterocycles. The van der Waals surface area contributed by atoms with Crippen LogP contribution in [0.3, 0.4) is 0 Å². The molecule has 2 aromatic rings. The van der Waals surface area contributed by atoms with Crippen molar-refractivity contribution in [1.82, 2.24) is 10.2 Å². The minimum absolute atomic E-state index is 0.115. The molecule has 0 aliphatic heterocycles. The molecule has 0 fully saturated rings. The van der Waals surface area contributed by atoms with Gasteiger partial charge in [-0.15, -0.1) is 11.8 Å². The number of carbonyl (C=O) groups excluding carboxylic acids is 2. The summed E-state index contributed by atoms with van der Waals surface area (Å²) in [5.74, 6) is 0.351. The summed E-state index contributed by atoms with van der Waals surface area (Å²) >= 11 is 4.92. The van der Waals surface area contributed by atoms with Gasteiger partial charge in [-0.25, -0.2) is 4.39 Å². The number of rotatable bonds is 10. The van der Waals surface area contributed by atoms with Gasteiger partial charge in [-0.2, -0.15) is 0 Å². The highest BCUT2D eigenvalue weighted by Crippen LogP contribution is 2.18. The first-order chi connectivity index (χ1) is 13.9. The van der Waals surface area contributed by atoms with Gasteiger partial charge in [-0.05, 0) is 48.7 Å². The van der Waals surface area contributed by atoms with Gasteiger partial charge in [0.2, 0.25) is 11.8 Å². The molecule has 0 radical (unpaired) electrons. The highest BCUT2D eigenvalue weighted by molar-refractivity contribution is 9.10. The summed E-state index contributed by atoms with van der Waals surface area (Å²) in [6.45, 7) is 4.54. The second kappa shape index (κ2) is 12.0. The van der Waals surface area contributed by atoms with Crippen LogP contribution >= 0.6 is 27.7 Å². The molecule has 2 rings (SSSR count). The average molecular weight is 481 g/mol. The number of halogens is 2. The van der Waals surface area contributed by atoms with E-state index in [4.69, 9.17) is 0 Å². The molecule has 7 heteroatoms. The van der Waals surface area contributed by atoms with E-state index in [2.05, 4.69) is 21.2 Å². The molecule has 0 saturated heterocycles. The van der Waals surface area contributed by atoms with Crippen LogP contribution in [-0.2, 0) is 21.9 Å². The van der Waals surface area contributed by atoms with E-state index in [9.17, 15) is 14.0 Å². The van der Waals surface area contributed by atoms with Crippen LogP contribution < -0.4 is 5.32 Å². The minimum atomic E-state index is -0.604. The van der Waals surface area contributed by atoms with Gasteiger partial charge in [0, 0.05) is 23.3 Å². The maximum atomic E-state index is 13.2. The molecule has 156 valence electrons. The Labute approximate surface area is 184 Å². The number of nitrogens with one attached hydrogen (secondary N) is 1. The normalized spacial score (nSPS) is 11.7. The van der Waals surface area contributed by atoms with Crippen molar-refractivity contribution in [3.05, 3.63) is 69.9 Å². The fourth-order valence-electron chi connectivity index (χ4n) is 2.68. The second-order valence-electron chi connectivity index (χ2n) is 6.73. The van der Waals surface area contributed by atoms with Crippen LogP contribution in [-0.4, -0.2) is 35.1 Å². The van der Waals surface area contributed by atoms with Crippen LogP contribution in [0.4, 0.5) is 4.39 Å². The quantitative estimate of drug-likeness (QED) is 0.532. The third kappa shape index (κ3) is 7.82. The summed E-state index contributed by atoms with van der Waals surface area (Å²) < 4.78 is 14.2. The Morgan fingerprint density at radius 3 is 2.34 bits per heavy atom. The summed E-state index contributed by atoms with van der Waals surface area (Å²) in [4.78, 5) is 26.9. The predicted molar refractivity (Wildman–Crippen MR) is 120 cm³/mol. The van der Waals surface area contributed by atoms with Gasteiger partial charge in [0.05, 0.1) is 5.75 Å². The van der Waals surface area contributed by atoms with Crippen LogP contribution in [0.5, 0.6) is 0 Å². The molecule has 2 aromatic carbocycles. The standard InChI is InChI=1S/C22H26BrFN2O2S/c1-3-12-25-22(28)16(2)26(13-17-6-10-20(24)11-7-17)21(27)15-29-14-18-4-8-19(23)9-5-18/h4-11,16H,3,12-15H2,1-2H3,(H,25,28)/t16-/m0/s1. The number of nitrogens with zero attached hydrogens (tertiary/aromatic N) is 1. The van der Waals surface area contributed by atoms with E-state index in [1.807, 2.05) is 31.2 Å². The number of benzene rings is 2. The SMILES string of the molecule is CCCNC(=O)[C@H](C)N(Cc1ccc(F)cc1)C(=O)CSCc1ccc(Br)cc1. The van der Waals surface area contributed by atoms with Gasteiger partial charge < -0.3 is 10.2 Å². The molecular weight excluding hydrogens is 455 g/mol. The van der Waals surface area contributed by atoms with E-state index in [0.717, 1.165) is 22.0 Å². The van der Waals surface area contributed by atoms with Crippen molar-refractivity contribution in [2.45, 2.75) is 38.6 Å². The maximum Gasteiger partial charge on any atom is 0.242 e. The predicted octanol–water partition coefficient (Wildman–Crippen LogP) is 4.76. The molecule has 0 spiro atoms. The maximum absolute atomic E-state index is 13.2. The van der Waals surface area contributed by atoms with Crippen LogP contribution in [0.2, 0.25) is 0 Å². The van der Waals surface area contributed by atoms with Crippen molar-refractivity contribution in [2.75, 3.05) is 12.3 Å². The smallest absolute Gasteiger partial charge is 0.242 e. The Hall–Kier alpha value is -1.86. The van der Waals surface area contributed by atoms with Gasteiger partial charge in [-0.3, -0.25) is 9.59 Å². The van der Waals surface area contributed by atoms with Crippen molar-refractivity contribution in [3.63, 3.8) is 0 Å². The topological polar surface area (TPSA) is 49.4 Å². The molecule has 0 unspecified atom stereocenters. The average Bonchev–Trinajstić information content (AvgIpc) is 2.72. The van der Waals surface area contributed by atoms with E-state index in [-0.39, 0.29) is 29.9 Å². The first-order valence-electron chi connectivity index (χ1n) is 9.54. The number of carbonyl (C=O) groups is 2. The fraction of sp³-hybridized carbons (Fsp3) is 0.364. The molecule has 0 aliphatic rings. The molecular formula is C22H26BrFN2O2S. The number of hydrogen-bond acceptors (Lipinski definition) is 3. The molecule has 4 nitrogen and oxygen atoms in total. The van der Waals surface area contributed by atoms with Crippen molar-refractivity contribution < 1.29 is 14.0 Å².